The molecular formula is C15H19NO5. The molecule has 0 saturated heterocycles. The van der Waals surface area contributed by atoms with Gasteiger partial charge in [-0.25, -0.2) is 4.79 Å². The first-order valence-corrected chi connectivity index (χ1v) is 6.86. The lowest BCUT2D eigenvalue weighted by Crippen LogP contribution is -2.19. The molecule has 6 nitrogen and oxygen atoms in total. The van der Waals surface area contributed by atoms with Crippen LogP contribution in [-0.2, 0) is 4.74 Å². The third kappa shape index (κ3) is 6.07. The quantitative estimate of drug-likeness (QED) is 0.247. The smallest absolute Gasteiger partial charge is 0.426 e. The first kappa shape index (κ1) is 16.7. The molecule has 0 amide bonds. The van der Waals surface area contributed by atoms with Crippen molar-refractivity contribution in [2.45, 2.75) is 39.2 Å². The van der Waals surface area contributed by atoms with Crippen molar-refractivity contribution in [3.05, 3.63) is 46.5 Å². The summed E-state index contributed by atoms with van der Waals surface area (Å²) in [5, 5.41) is 10.5. The lowest BCUT2D eigenvalue weighted by atomic mass is 10.2. The second kappa shape index (κ2) is 8.73. The van der Waals surface area contributed by atoms with Crippen molar-refractivity contribution in [3.63, 3.8) is 0 Å². The number of hydrogen-bond donors (Lipinski definition) is 0. The number of benzene rings is 1. The zero-order valence-corrected chi connectivity index (χ0v) is 12.2. The van der Waals surface area contributed by atoms with Gasteiger partial charge in [-0.1, -0.05) is 26.3 Å². The van der Waals surface area contributed by atoms with Gasteiger partial charge in [-0.15, -0.1) is 0 Å². The van der Waals surface area contributed by atoms with Crippen LogP contribution in [0.5, 0.6) is 5.75 Å². The molecule has 21 heavy (non-hydrogen) atoms. The summed E-state index contributed by atoms with van der Waals surface area (Å²) in [5.74, 6) is 0.209. The molecule has 0 bridgehead atoms. The fourth-order valence-electron chi connectivity index (χ4n) is 1.65. The molecule has 0 saturated carbocycles. The average Bonchev–Trinajstić information content (AvgIpc) is 2.45. The number of ether oxygens (including phenoxy) is 2. The number of non-ortho nitro benzene ring substituents is 1. The van der Waals surface area contributed by atoms with Crippen LogP contribution in [0.25, 0.3) is 0 Å². The fraction of sp³-hybridized carbons (Fsp3) is 0.400. The molecule has 0 N–H and O–H groups in total. The van der Waals surface area contributed by atoms with Crippen LogP contribution in [0.1, 0.15) is 33.1 Å². The van der Waals surface area contributed by atoms with Gasteiger partial charge in [0.15, 0.2) is 0 Å². The predicted octanol–water partition coefficient (Wildman–Crippen LogP) is 4.25. The maximum absolute atomic E-state index is 11.7. The van der Waals surface area contributed by atoms with Gasteiger partial charge in [0.2, 0.25) is 0 Å². The van der Waals surface area contributed by atoms with E-state index in [1.165, 1.54) is 24.3 Å². The Labute approximate surface area is 123 Å². The van der Waals surface area contributed by atoms with E-state index in [-0.39, 0.29) is 17.5 Å². The molecule has 1 unspecified atom stereocenters. The van der Waals surface area contributed by atoms with Crippen LogP contribution in [0.15, 0.2) is 36.4 Å². The van der Waals surface area contributed by atoms with Gasteiger partial charge in [0, 0.05) is 12.1 Å². The molecule has 1 aromatic rings. The summed E-state index contributed by atoms with van der Waals surface area (Å²) >= 11 is 0. The van der Waals surface area contributed by atoms with E-state index in [1.54, 1.807) is 0 Å². The van der Waals surface area contributed by atoms with Crippen LogP contribution in [0.3, 0.4) is 0 Å². The van der Waals surface area contributed by atoms with Gasteiger partial charge in [-0.3, -0.25) is 10.1 Å². The number of carbonyl (C=O) groups is 1. The van der Waals surface area contributed by atoms with Gasteiger partial charge < -0.3 is 9.47 Å². The highest BCUT2D eigenvalue weighted by atomic mass is 16.7. The minimum absolute atomic E-state index is 0.0644. The van der Waals surface area contributed by atoms with Crippen molar-refractivity contribution >= 4 is 11.8 Å². The molecule has 0 aromatic heterocycles. The van der Waals surface area contributed by atoms with E-state index in [2.05, 4.69) is 0 Å². The second-order valence-electron chi connectivity index (χ2n) is 4.38. The molecule has 0 fully saturated rings. The normalized spacial score (nSPS) is 12.1. The van der Waals surface area contributed by atoms with Crippen molar-refractivity contribution in [2.24, 2.45) is 0 Å². The number of carbonyl (C=O) groups excluding carboxylic acids is 1. The molecule has 1 aromatic carbocycles. The number of rotatable bonds is 7. The first-order chi connectivity index (χ1) is 10.1. The average molecular weight is 293 g/mol. The molecule has 0 aliphatic heterocycles. The molecule has 1 atom stereocenters. The Kier molecular flexibility index (Phi) is 6.94. The lowest BCUT2D eigenvalue weighted by Gasteiger charge is -2.13. The van der Waals surface area contributed by atoms with E-state index in [0.29, 0.717) is 6.42 Å². The molecule has 0 spiro atoms. The van der Waals surface area contributed by atoms with E-state index in [9.17, 15) is 14.9 Å². The maximum Gasteiger partial charge on any atom is 0.514 e. The Hall–Kier alpha value is -2.37. The summed E-state index contributed by atoms with van der Waals surface area (Å²) in [6.07, 6.45) is 5.08. The molecule has 6 heteroatoms. The number of hydrogen-bond acceptors (Lipinski definition) is 5. The van der Waals surface area contributed by atoms with Crippen LogP contribution < -0.4 is 4.74 Å². The zero-order valence-electron chi connectivity index (χ0n) is 12.2. The van der Waals surface area contributed by atoms with E-state index in [4.69, 9.17) is 9.47 Å². The lowest BCUT2D eigenvalue weighted by molar-refractivity contribution is -0.384. The Morgan fingerprint density at radius 3 is 2.52 bits per heavy atom. The van der Waals surface area contributed by atoms with Crippen LogP contribution in [0.2, 0.25) is 0 Å². The molecule has 0 heterocycles. The van der Waals surface area contributed by atoms with Crippen molar-refractivity contribution in [3.8, 4) is 5.75 Å². The van der Waals surface area contributed by atoms with Gasteiger partial charge in [0.05, 0.1) is 4.92 Å². The molecular weight excluding hydrogens is 274 g/mol. The highest BCUT2D eigenvalue weighted by Crippen LogP contribution is 2.18. The number of allylic oxidation sites excluding steroid dienone is 1. The zero-order chi connectivity index (χ0) is 15.7. The van der Waals surface area contributed by atoms with Gasteiger partial charge >= 0.3 is 6.16 Å². The Balaban J connectivity index is 2.58. The first-order valence-electron chi connectivity index (χ1n) is 6.86. The topological polar surface area (TPSA) is 78.7 Å². The number of nitro groups is 1. The summed E-state index contributed by atoms with van der Waals surface area (Å²) in [6, 6.07) is 5.25. The third-order valence-electron chi connectivity index (χ3n) is 2.66. The Morgan fingerprint density at radius 1 is 1.33 bits per heavy atom. The summed E-state index contributed by atoms with van der Waals surface area (Å²) in [7, 11) is 0. The summed E-state index contributed by atoms with van der Waals surface area (Å²) in [6.45, 7) is 3.99. The highest BCUT2D eigenvalue weighted by molar-refractivity contribution is 5.64. The van der Waals surface area contributed by atoms with Gasteiger partial charge in [0.25, 0.3) is 5.69 Å². The molecule has 0 aliphatic rings. The standard InChI is InChI=1S/C15H19NO5/c1-3-5-7-13(6-4-2)20-15(17)21-14-10-8-12(9-11-14)16(18)19/h5,7-11,13H,3-4,6H2,1-2H3/b7-5+. The van der Waals surface area contributed by atoms with E-state index in [1.807, 2.05) is 26.0 Å². The third-order valence-corrected chi connectivity index (χ3v) is 2.66. The predicted molar refractivity (Wildman–Crippen MR) is 78.3 cm³/mol. The number of nitro benzene ring substituents is 1. The molecule has 1 rings (SSSR count). The van der Waals surface area contributed by atoms with E-state index in [0.717, 1.165) is 12.8 Å². The van der Waals surface area contributed by atoms with Gasteiger partial charge in [-0.2, -0.15) is 0 Å². The minimum Gasteiger partial charge on any atom is -0.426 e. The van der Waals surface area contributed by atoms with Gasteiger partial charge in [0.1, 0.15) is 11.9 Å². The second-order valence-corrected chi connectivity index (χ2v) is 4.38. The molecule has 114 valence electrons. The monoisotopic (exact) mass is 293 g/mol. The summed E-state index contributed by atoms with van der Waals surface area (Å²) < 4.78 is 10.2. The van der Waals surface area contributed by atoms with Crippen molar-refractivity contribution in [1.82, 2.24) is 0 Å². The Morgan fingerprint density at radius 2 is 2.00 bits per heavy atom. The molecule has 0 radical (unpaired) electrons. The fourth-order valence-corrected chi connectivity index (χ4v) is 1.65. The van der Waals surface area contributed by atoms with E-state index >= 15 is 0 Å². The van der Waals surface area contributed by atoms with E-state index < -0.39 is 11.1 Å². The van der Waals surface area contributed by atoms with Crippen LogP contribution in [-0.4, -0.2) is 17.2 Å². The van der Waals surface area contributed by atoms with Crippen molar-refractivity contribution < 1.29 is 19.2 Å². The highest BCUT2D eigenvalue weighted by Gasteiger charge is 2.13. The van der Waals surface area contributed by atoms with Crippen molar-refractivity contribution in [2.75, 3.05) is 0 Å². The van der Waals surface area contributed by atoms with Crippen LogP contribution in [0.4, 0.5) is 10.5 Å². The number of nitrogens with zero attached hydrogens (tertiary/aromatic N) is 1. The van der Waals surface area contributed by atoms with Crippen molar-refractivity contribution in [1.29, 1.82) is 0 Å². The largest absolute Gasteiger partial charge is 0.514 e. The Bertz CT molecular complexity index is 495. The minimum atomic E-state index is -0.817. The summed E-state index contributed by atoms with van der Waals surface area (Å²) in [5.41, 5.74) is -0.0644. The summed E-state index contributed by atoms with van der Waals surface area (Å²) in [4.78, 5) is 21.7. The SMILES string of the molecule is CC/C=C/C(CCC)OC(=O)Oc1ccc([N+](=O)[O-])cc1. The maximum atomic E-state index is 11.7. The van der Waals surface area contributed by atoms with Crippen LogP contribution >= 0.6 is 0 Å². The molecule has 0 aliphatic carbocycles. The van der Waals surface area contributed by atoms with Crippen LogP contribution in [0, 0.1) is 10.1 Å². The van der Waals surface area contributed by atoms with Gasteiger partial charge in [-0.05, 0) is 31.1 Å².